The van der Waals surface area contributed by atoms with E-state index in [0.717, 1.165) is 34.0 Å². The van der Waals surface area contributed by atoms with Gasteiger partial charge < -0.3 is 15.2 Å². The second-order valence-corrected chi connectivity index (χ2v) is 13.2. The monoisotopic (exact) mass is 649 g/mol. The number of aryl methyl sites for hydroxylation is 1. The van der Waals surface area contributed by atoms with Crippen molar-refractivity contribution in [1.29, 1.82) is 0 Å². The van der Waals surface area contributed by atoms with Crippen molar-refractivity contribution in [3.8, 4) is 22.6 Å². The lowest BCUT2D eigenvalue weighted by Gasteiger charge is -2.29. The molecule has 1 fully saturated rings. The molecule has 0 radical (unpaired) electrons. The first-order chi connectivity index (χ1) is 22.8. The van der Waals surface area contributed by atoms with Gasteiger partial charge in [0.25, 0.3) is 0 Å². The van der Waals surface area contributed by atoms with Gasteiger partial charge in [-0.15, -0.1) is 11.8 Å². The van der Waals surface area contributed by atoms with Crippen molar-refractivity contribution in [1.82, 2.24) is 39.7 Å². The predicted octanol–water partition coefficient (Wildman–Crippen LogP) is 3.78. The number of pyridine rings is 1. The lowest BCUT2D eigenvalue weighted by atomic mass is 9.98. The lowest BCUT2D eigenvalue weighted by Crippen LogP contribution is -2.45. The van der Waals surface area contributed by atoms with Gasteiger partial charge in [0.05, 0.1) is 12.1 Å². The molecule has 12 nitrogen and oxygen atoms in total. The van der Waals surface area contributed by atoms with Gasteiger partial charge in [-0.1, -0.05) is 30.3 Å². The van der Waals surface area contributed by atoms with E-state index in [1.807, 2.05) is 48.5 Å². The molecule has 7 rings (SSSR count). The molecule has 2 aliphatic heterocycles. The highest BCUT2D eigenvalue weighted by Crippen LogP contribution is 2.36. The zero-order valence-corrected chi connectivity index (χ0v) is 27.0. The number of likely N-dealkylation sites (tertiary alicyclic amines) is 1. The van der Waals surface area contributed by atoms with Crippen molar-refractivity contribution < 1.29 is 9.59 Å². The number of aromatic nitrogens is 6. The van der Waals surface area contributed by atoms with Gasteiger partial charge in [0.15, 0.2) is 5.82 Å². The fourth-order valence-corrected chi connectivity index (χ4v) is 7.15. The maximum absolute atomic E-state index is 13.7. The Morgan fingerprint density at radius 2 is 1.85 bits per heavy atom. The Bertz CT molecular complexity index is 2030. The standard InChI is InChI=1S/C34H35N9O3S/c1-41-21-36-32(40-41)24-5-3-22(4-6-24)23-11-14-43(15-12-23)30(45)19-42-16-13-34(20-42,47-2)33(46)37-26-8-9-28-27(17-26)31(39-38-28)25-7-10-29(44)35-18-25/h3-11,17-18,21H,12-16,19-20H2,1-2H3,(H,35,44)(H,37,46)(H,38,39)/t34-/m0/s1. The van der Waals surface area contributed by atoms with Gasteiger partial charge in [-0.3, -0.25) is 29.1 Å². The minimum absolute atomic E-state index is 0.0781. The van der Waals surface area contributed by atoms with Crippen LogP contribution in [0.2, 0.25) is 0 Å². The third-order valence-electron chi connectivity index (χ3n) is 9.03. The minimum atomic E-state index is -0.667. The Labute approximate surface area is 275 Å². The van der Waals surface area contributed by atoms with Crippen molar-refractivity contribution in [2.45, 2.75) is 17.6 Å². The fraction of sp³-hybridized carbons (Fsp3) is 0.294. The molecule has 13 heteroatoms. The predicted molar refractivity (Wildman–Crippen MR) is 184 cm³/mol. The van der Waals surface area contributed by atoms with E-state index in [0.29, 0.717) is 49.8 Å². The fourth-order valence-electron chi connectivity index (χ4n) is 6.31. The van der Waals surface area contributed by atoms with Crippen LogP contribution in [0.25, 0.3) is 39.1 Å². The summed E-state index contributed by atoms with van der Waals surface area (Å²) in [7, 11) is 1.85. The zero-order chi connectivity index (χ0) is 32.5. The van der Waals surface area contributed by atoms with Crippen molar-refractivity contribution in [2.75, 3.05) is 44.3 Å². The molecule has 5 heterocycles. The van der Waals surface area contributed by atoms with E-state index in [9.17, 15) is 14.4 Å². The van der Waals surface area contributed by atoms with Crippen LogP contribution in [0, 0.1) is 0 Å². The number of aromatic amines is 2. The maximum atomic E-state index is 13.7. The Hall–Kier alpha value is -5.01. The topological polar surface area (TPSA) is 145 Å². The van der Waals surface area contributed by atoms with Gasteiger partial charge in [-0.05, 0) is 54.5 Å². The molecule has 3 aromatic heterocycles. The first-order valence-electron chi connectivity index (χ1n) is 15.5. The second kappa shape index (κ2) is 12.6. The zero-order valence-electron chi connectivity index (χ0n) is 26.2. The minimum Gasteiger partial charge on any atom is -0.338 e. The Balaban J connectivity index is 0.961. The molecule has 5 aromatic rings. The number of amides is 2. The second-order valence-electron chi connectivity index (χ2n) is 12.0. The van der Waals surface area contributed by atoms with E-state index in [-0.39, 0.29) is 23.9 Å². The van der Waals surface area contributed by atoms with Crippen LogP contribution >= 0.6 is 11.8 Å². The summed E-state index contributed by atoms with van der Waals surface area (Å²) in [4.78, 5) is 49.6. The van der Waals surface area contributed by atoms with Gasteiger partial charge in [0.1, 0.15) is 16.8 Å². The number of carbonyl (C=O) groups excluding carboxylic acids is 2. The first-order valence-corrected chi connectivity index (χ1v) is 16.7. The molecule has 3 N–H and O–H groups in total. The molecule has 0 saturated carbocycles. The summed E-state index contributed by atoms with van der Waals surface area (Å²) in [5, 5.41) is 15.8. The van der Waals surface area contributed by atoms with Crippen LogP contribution in [0.1, 0.15) is 18.4 Å². The van der Waals surface area contributed by atoms with Gasteiger partial charge >= 0.3 is 0 Å². The average Bonchev–Trinajstić information content (AvgIpc) is 3.84. The van der Waals surface area contributed by atoms with Gasteiger partial charge in [0, 0.05) is 67.7 Å². The van der Waals surface area contributed by atoms with Crippen molar-refractivity contribution in [3.63, 3.8) is 0 Å². The van der Waals surface area contributed by atoms with Crippen LogP contribution in [0.15, 0.2) is 78.0 Å². The van der Waals surface area contributed by atoms with Gasteiger partial charge in [-0.2, -0.15) is 10.2 Å². The highest BCUT2D eigenvalue weighted by atomic mass is 32.2. The number of H-pyrrole nitrogens is 2. The van der Waals surface area contributed by atoms with Crippen LogP contribution < -0.4 is 10.9 Å². The van der Waals surface area contributed by atoms with E-state index >= 15 is 0 Å². The number of carbonyl (C=O) groups is 2. The molecule has 1 saturated heterocycles. The molecule has 0 aliphatic carbocycles. The summed E-state index contributed by atoms with van der Waals surface area (Å²) in [5.74, 6) is 0.699. The van der Waals surface area contributed by atoms with Crippen molar-refractivity contribution in [2.24, 2.45) is 7.05 Å². The van der Waals surface area contributed by atoms with E-state index in [1.165, 1.54) is 23.4 Å². The first kappa shape index (κ1) is 30.6. The molecule has 0 spiro atoms. The van der Waals surface area contributed by atoms with Gasteiger partial charge in [-0.25, -0.2) is 4.98 Å². The normalized spacial score (nSPS) is 18.4. The Morgan fingerprint density at radius 3 is 2.55 bits per heavy atom. The highest BCUT2D eigenvalue weighted by molar-refractivity contribution is 8.00. The van der Waals surface area contributed by atoms with E-state index < -0.39 is 4.75 Å². The molecule has 0 unspecified atom stereocenters. The third-order valence-corrected chi connectivity index (χ3v) is 10.3. The smallest absolute Gasteiger partial charge is 0.247 e. The summed E-state index contributed by atoms with van der Waals surface area (Å²) in [5.41, 5.74) is 6.11. The summed E-state index contributed by atoms with van der Waals surface area (Å²) >= 11 is 1.53. The summed E-state index contributed by atoms with van der Waals surface area (Å²) in [6, 6.07) is 17.0. The van der Waals surface area contributed by atoms with E-state index in [2.05, 4.69) is 53.7 Å². The van der Waals surface area contributed by atoms with E-state index in [1.54, 1.807) is 23.3 Å². The molecule has 2 aliphatic rings. The van der Waals surface area contributed by atoms with Crippen LogP contribution in [0.3, 0.4) is 0 Å². The Morgan fingerprint density at radius 1 is 1.04 bits per heavy atom. The quantitative estimate of drug-likeness (QED) is 0.230. The molecule has 0 bridgehead atoms. The van der Waals surface area contributed by atoms with Crippen LogP contribution in [-0.4, -0.2) is 95.3 Å². The summed E-state index contributed by atoms with van der Waals surface area (Å²) in [6.07, 6.45) is 8.84. The highest BCUT2D eigenvalue weighted by Gasteiger charge is 2.44. The number of benzene rings is 2. The van der Waals surface area contributed by atoms with Crippen LogP contribution in [0.5, 0.6) is 0 Å². The lowest BCUT2D eigenvalue weighted by molar-refractivity contribution is -0.132. The summed E-state index contributed by atoms with van der Waals surface area (Å²) < 4.78 is 1.02. The molecule has 1 atom stereocenters. The third kappa shape index (κ3) is 6.23. The summed E-state index contributed by atoms with van der Waals surface area (Å²) in [6.45, 7) is 2.68. The number of fused-ring (bicyclic) bond motifs is 1. The largest absolute Gasteiger partial charge is 0.338 e. The number of nitrogens with zero attached hydrogens (tertiary/aromatic N) is 6. The van der Waals surface area contributed by atoms with E-state index in [4.69, 9.17) is 0 Å². The molecule has 240 valence electrons. The molecular weight excluding hydrogens is 615 g/mol. The number of hydrogen-bond donors (Lipinski definition) is 3. The number of nitrogens with one attached hydrogen (secondary N) is 3. The SMILES string of the molecule is CS[C@@]1(C(=O)Nc2ccc3[nH]nc(-c4ccc(=O)[nH]c4)c3c2)CCN(CC(=O)N2CC=C(c3ccc(-c4ncn(C)n4)cc3)CC2)C1. The number of hydrogen-bond acceptors (Lipinski definition) is 8. The molecule has 2 amide bonds. The van der Waals surface area contributed by atoms with Crippen LogP contribution in [-0.2, 0) is 16.6 Å². The molecule has 2 aromatic carbocycles. The van der Waals surface area contributed by atoms with Crippen molar-refractivity contribution in [3.05, 3.63) is 89.1 Å². The average molecular weight is 650 g/mol. The maximum Gasteiger partial charge on any atom is 0.247 e. The van der Waals surface area contributed by atoms with Crippen LogP contribution in [0.4, 0.5) is 5.69 Å². The molecular formula is C34H35N9O3S. The Kier molecular flexibility index (Phi) is 8.24. The van der Waals surface area contributed by atoms with Crippen molar-refractivity contribution >= 4 is 45.7 Å². The number of thioether (sulfide) groups is 1. The van der Waals surface area contributed by atoms with Gasteiger partial charge in [0.2, 0.25) is 17.4 Å². The number of anilines is 1. The number of rotatable bonds is 8. The molecule has 47 heavy (non-hydrogen) atoms.